The molecule has 0 aromatic rings. The zero-order valence-corrected chi connectivity index (χ0v) is 23.2. The van der Waals surface area contributed by atoms with Crippen molar-refractivity contribution in [1.29, 1.82) is 0 Å². The van der Waals surface area contributed by atoms with Crippen LogP contribution in [0.3, 0.4) is 0 Å². The third kappa shape index (κ3) is 6.64. The third-order valence-electron chi connectivity index (χ3n) is 7.28. The highest BCUT2D eigenvalue weighted by Crippen LogP contribution is 2.36. The smallest absolute Gasteiger partial charge is 0.410 e. The quantitative estimate of drug-likeness (QED) is 0.457. The summed E-state index contributed by atoms with van der Waals surface area (Å²) in [5.74, 6) is -0.513. The maximum atomic E-state index is 14.0. The lowest BCUT2D eigenvalue weighted by Gasteiger charge is -2.37. The molecule has 12 nitrogen and oxygen atoms in total. The van der Waals surface area contributed by atoms with Crippen LogP contribution < -0.4 is 16.0 Å². The molecular formula is C25H44N6O6. The summed E-state index contributed by atoms with van der Waals surface area (Å²) in [5, 5.41) is 8.74. The number of rotatable bonds is 6. The first-order valence-electron chi connectivity index (χ1n) is 13.2. The molecular weight excluding hydrogens is 480 g/mol. The Morgan fingerprint density at radius 2 is 1.62 bits per heavy atom. The molecule has 5 atom stereocenters. The second-order valence-electron chi connectivity index (χ2n) is 11.5. The Morgan fingerprint density at radius 1 is 0.973 bits per heavy atom. The minimum atomic E-state index is -0.788. The van der Waals surface area contributed by atoms with E-state index in [4.69, 9.17) is 9.47 Å². The highest BCUT2D eigenvalue weighted by Gasteiger charge is 2.55. The molecule has 0 aromatic carbocycles. The molecule has 0 radical (unpaired) electrons. The first kappa shape index (κ1) is 29.0. The number of amides is 5. The van der Waals surface area contributed by atoms with Gasteiger partial charge >= 0.3 is 12.1 Å². The Hall–Kier alpha value is -2.60. The predicted octanol–water partition coefficient (Wildman–Crippen LogP) is 0.366. The van der Waals surface area contributed by atoms with E-state index in [1.165, 1.54) is 0 Å². The van der Waals surface area contributed by atoms with Crippen molar-refractivity contribution in [3.05, 3.63) is 0 Å². The van der Waals surface area contributed by atoms with Crippen LogP contribution in [0.5, 0.6) is 0 Å². The van der Waals surface area contributed by atoms with Crippen molar-refractivity contribution in [1.82, 2.24) is 30.7 Å². The Morgan fingerprint density at radius 3 is 2.19 bits per heavy atom. The van der Waals surface area contributed by atoms with Gasteiger partial charge < -0.3 is 40.1 Å². The molecule has 3 rings (SSSR count). The summed E-state index contributed by atoms with van der Waals surface area (Å²) in [6, 6.07) is -2.35. The summed E-state index contributed by atoms with van der Waals surface area (Å²) in [6.07, 6.45) is -0.594. The van der Waals surface area contributed by atoms with Gasteiger partial charge in [-0.1, -0.05) is 20.8 Å². The van der Waals surface area contributed by atoms with Gasteiger partial charge in [-0.3, -0.25) is 9.59 Å². The summed E-state index contributed by atoms with van der Waals surface area (Å²) in [5.41, 5.74) is -0.564. The number of hydrogen-bond acceptors (Lipinski definition) is 7. The molecule has 0 saturated carbocycles. The van der Waals surface area contributed by atoms with Crippen LogP contribution in [-0.2, 0) is 19.1 Å². The van der Waals surface area contributed by atoms with Crippen molar-refractivity contribution in [3.8, 4) is 0 Å². The van der Waals surface area contributed by atoms with E-state index in [0.29, 0.717) is 39.3 Å². The molecule has 3 heterocycles. The molecule has 3 saturated heterocycles. The van der Waals surface area contributed by atoms with Gasteiger partial charge in [0.25, 0.3) is 0 Å². The van der Waals surface area contributed by atoms with Gasteiger partial charge in [-0.2, -0.15) is 0 Å². The molecule has 0 aliphatic carbocycles. The zero-order valence-electron chi connectivity index (χ0n) is 23.2. The van der Waals surface area contributed by atoms with Crippen LogP contribution in [0.25, 0.3) is 0 Å². The average Bonchev–Trinajstić information content (AvgIpc) is 3.42. The molecule has 3 N–H and O–H groups in total. The maximum Gasteiger partial charge on any atom is 0.410 e. The molecule has 0 unspecified atom stereocenters. The lowest BCUT2D eigenvalue weighted by Crippen LogP contribution is -2.60. The number of hydrogen-bond donors (Lipinski definition) is 3. The molecule has 3 aliphatic heterocycles. The summed E-state index contributed by atoms with van der Waals surface area (Å²) in [4.78, 5) is 57.7. The Bertz CT molecular complexity index is 855. The number of carbonyl (C=O) groups is 4. The fourth-order valence-electron chi connectivity index (χ4n) is 5.12. The molecule has 5 amide bonds. The minimum Gasteiger partial charge on any atom is -0.442 e. The number of fused-ring (bicyclic) bond motifs is 1. The van der Waals surface area contributed by atoms with Crippen molar-refractivity contribution in [2.45, 2.75) is 84.3 Å². The van der Waals surface area contributed by atoms with Crippen LogP contribution in [0.4, 0.5) is 9.59 Å². The number of ether oxygens (including phenoxy) is 2. The fraction of sp³-hybridized carbons (Fsp3) is 0.840. The highest BCUT2D eigenvalue weighted by atomic mass is 16.6. The topological polar surface area (TPSA) is 133 Å². The molecule has 3 fully saturated rings. The lowest BCUT2D eigenvalue weighted by molar-refractivity contribution is -0.142. The SMILES string of the molecule is CN[C@@H](C)C(=O)N[C@H](C(=O)N1CC[C@@H]2[C@H]1[C@@H](OC(=O)N1CCOCC1)CN2C(=O)NC(C)C)C(C)(C)C. The number of urea groups is 1. The van der Waals surface area contributed by atoms with Crippen LogP contribution >= 0.6 is 0 Å². The van der Waals surface area contributed by atoms with Gasteiger partial charge in [-0.15, -0.1) is 0 Å². The first-order chi connectivity index (χ1) is 17.3. The molecule has 3 aliphatic rings. The van der Waals surface area contributed by atoms with Gasteiger partial charge in [0.2, 0.25) is 11.8 Å². The molecule has 12 heteroatoms. The average molecular weight is 525 g/mol. The third-order valence-corrected chi connectivity index (χ3v) is 7.28. The van der Waals surface area contributed by atoms with Gasteiger partial charge in [-0.05, 0) is 39.7 Å². The summed E-state index contributed by atoms with van der Waals surface area (Å²) in [7, 11) is 1.69. The normalized spacial score (nSPS) is 25.5. The second kappa shape index (κ2) is 11.8. The number of nitrogens with zero attached hydrogens (tertiary/aromatic N) is 3. The van der Waals surface area contributed by atoms with Crippen molar-refractivity contribution >= 4 is 23.9 Å². The number of likely N-dealkylation sites (N-methyl/N-ethyl adjacent to an activating group) is 1. The van der Waals surface area contributed by atoms with E-state index in [9.17, 15) is 19.2 Å². The largest absolute Gasteiger partial charge is 0.442 e. The van der Waals surface area contributed by atoms with Gasteiger partial charge in [0.05, 0.1) is 37.9 Å². The van der Waals surface area contributed by atoms with Crippen LogP contribution in [0.1, 0.15) is 48.0 Å². The van der Waals surface area contributed by atoms with Gasteiger partial charge in [0.15, 0.2) is 0 Å². The first-order valence-corrected chi connectivity index (χ1v) is 13.2. The Labute approximate surface area is 219 Å². The van der Waals surface area contributed by atoms with Crippen molar-refractivity contribution < 1.29 is 28.7 Å². The van der Waals surface area contributed by atoms with E-state index in [1.807, 2.05) is 34.6 Å². The van der Waals surface area contributed by atoms with E-state index < -0.39 is 35.7 Å². The van der Waals surface area contributed by atoms with Gasteiger partial charge in [-0.25, -0.2) is 9.59 Å². The van der Waals surface area contributed by atoms with Crippen molar-refractivity contribution in [2.24, 2.45) is 5.41 Å². The summed E-state index contributed by atoms with van der Waals surface area (Å²) >= 11 is 0. The van der Waals surface area contributed by atoms with E-state index in [-0.39, 0.29) is 36.5 Å². The number of morpholine rings is 1. The molecule has 0 bridgehead atoms. The predicted molar refractivity (Wildman–Crippen MR) is 137 cm³/mol. The summed E-state index contributed by atoms with van der Waals surface area (Å²) < 4.78 is 11.3. The molecule has 0 aromatic heterocycles. The minimum absolute atomic E-state index is 0.0605. The van der Waals surface area contributed by atoms with Crippen molar-refractivity contribution in [2.75, 3.05) is 46.4 Å². The van der Waals surface area contributed by atoms with Crippen LogP contribution in [0.2, 0.25) is 0 Å². The second-order valence-corrected chi connectivity index (χ2v) is 11.5. The van der Waals surface area contributed by atoms with Crippen LogP contribution in [0.15, 0.2) is 0 Å². The monoisotopic (exact) mass is 524 g/mol. The lowest BCUT2D eigenvalue weighted by atomic mass is 9.85. The van der Waals surface area contributed by atoms with Crippen LogP contribution in [0, 0.1) is 5.41 Å². The molecule has 0 spiro atoms. The summed E-state index contributed by atoms with van der Waals surface area (Å²) in [6.45, 7) is 13.5. The zero-order chi connectivity index (χ0) is 27.5. The number of carbonyl (C=O) groups excluding carboxylic acids is 4. The van der Waals surface area contributed by atoms with E-state index >= 15 is 0 Å². The number of nitrogens with one attached hydrogen (secondary N) is 3. The van der Waals surface area contributed by atoms with E-state index in [0.717, 1.165) is 0 Å². The number of likely N-dealkylation sites (tertiary alicyclic amines) is 2. The standard InChI is InChI=1S/C25H44N6O6/c1-15(2)27-23(34)31-14-18(37-24(35)29-10-12-36-13-11-29)19-17(31)8-9-30(19)22(33)20(25(4,5)6)28-21(32)16(3)26-7/h15-20,26H,8-14H2,1-7H3,(H,27,34)(H,28,32)/t16-,17+,18-,19-,20+/m0/s1. The Balaban J connectivity index is 1.86. The van der Waals surface area contributed by atoms with E-state index in [2.05, 4.69) is 16.0 Å². The van der Waals surface area contributed by atoms with Gasteiger partial charge in [0, 0.05) is 25.7 Å². The van der Waals surface area contributed by atoms with Gasteiger partial charge in [0.1, 0.15) is 12.1 Å². The highest BCUT2D eigenvalue weighted by molar-refractivity contribution is 5.91. The molecule has 37 heavy (non-hydrogen) atoms. The fourth-order valence-corrected chi connectivity index (χ4v) is 5.12. The van der Waals surface area contributed by atoms with E-state index in [1.54, 1.807) is 28.7 Å². The maximum absolute atomic E-state index is 14.0. The van der Waals surface area contributed by atoms with Crippen molar-refractivity contribution in [3.63, 3.8) is 0 Å². The molecule has 210 valence electrons. The Kier molecular flexibility index (Phi) is 9.27. The van der Waals surface area contributed by atoms with Crippen LogP contribution in [-0.4, -0.2) is 121 Å².